The number of pyridine rings is 2. The molecule has 0 radical (unpaired) electrons. The highest BCUT2D eigenvalue weighted by molar-refractivity contribution is 5.85. The number of hydrogen-bond acceptors (Lipinski definition) is 3. The zero-order valence-electron chi connectivity index (χ0n) is 10.7. The van der Waals surface area contributed by atoms with Gasteiger partial charge in [0.05, 0.1) is 6.04 Å². The molecule has 94 valence electrons. The molecule has 3 rings (SSSR count). The van der Waals surface area contributed by atoms with Crippen molar-refractivity contribution in [1.29, 1.82) is 0 Å². The van der Waals surface area contributed by atoms with Crippen molar-refractivity contribution in [2.45, 2.75) is 6.04 Å². The fourth-order valence-electron chi connectivity index (χ4n) is 2.42. The summed E-state index contributed by atoms with van der Waals surface area (Å²) in [6, 6.07) is 12.4. The number of nitrogens with zero attached hydrogens (tertiary/aromatic N) is 2. The molecule has 0 bridgehead atoms. The zero-order valence-corrected chi connectivity index (χ0v) is 10.7. The highest BCUT2D eigenvalue weighted by Crippen LogP contribution is 2.27. The minimum absolute atomic E-state index is 0.104. The van der Waals surface area contributed by atoms with Gasteiger partial charge in [-0.15, -0.1) is 0 Å². The van der Waals surface area contributed by atoms with E-state index in [4.69, 9.17) is 0 Å². The van der Waals surface area contributed by atoms with Crippen molar-refractivity contribution in [3.8, 4) is 0 Å². The summed E-state index contributed by atoms with van der Waals surface area (Å²) in [5.74, 6) is 0. The molecule has 19 heavy (non-hydrogen) atoms. The van der Waals surface area contributed by atoms with Crippen molar-refractivity contribution in [3.05, 3.63) is 72.3 Å². The Morgan fingerprint density at radius 2 is 1.84 bits per heavy atom. The summed E-state index contributed by atoms with van der Waals surface area (Å²) in [4.78, 5) is 8.55. The highest BCUT2D eigenvalue weighted by Gasteiger charge is 2.14. The molecular weight excluding hydrogens is 234 g/mol. The largest absolute Gasteiger partial charge is 0.309 e. The minimum Gasteiger partial charge on any atom is -0.309 e. The molecule has 0 amide bonds. The van der Waals surface area contributed by atoms with E-state index < -0.39 is 0 Å². The summed E-state index contributed by atoms with van der Waals surface area (Å²) in [7, 11) is 1.96. The number of nitrogens with one attached hydrogen (secondary N) is 1. The maximum atomic E-state index is 4.35. The first-order valence-electron chi connectivity index (χ1n) is 6.30. The van der Waals surface area contributed by atoms with Crippen molar-refractivity contribution in [1.82, 2.24) is 15.3 Å². The van der Waals surface area contributed by atoms with Crippen LogP contribution in [-0.2, 0) is 0 Å². The van der Waals surface area contributed by atoms with Gasteiger partial charge in [0.25, 0.3) is 0 Å². The minimum atomic E-state index is 0.104. The molecule has 1 unspecified atom stereocenters. The van der Waals surface area contributed by atoms with E-state index in [0.717, 1.165) is 10.9 Å². The molecule has 0 fully saturated rings. The molecule has 2 heterocycles. The first-order chi connectivity index (χ1) is 9.40. The Morgan fingerprint density at radius 3 is 2.63 bits per heavy atom. The van der Waals surface area contributed by atoms with Crippen molar-refractivity contribution in [3.63, 3.8) is 0 Å². The number of fused-ring (bicyclic) bond motifs is 1. The summed E-state index contributed by atoms with van der Waals surface area (Å²) in [6.07, 6.45) is 7.51. The Bertz CT molecular complexity index is 674. The second kappa shape index (κ2) is 5.16. The summed E-state index contributed by atoms with van der Waals surface area (Å²) in [6.45, 7) is 0. The summed E-state index contributed by atoms with van der Waals surface area (Å²) >= 11 is 0. The topological polar surface area (TPSA) is 37.8 Å². The molecule has 1 aromatic carbocycles. The van der Waals surface area contributed by atoms with Gasteiger partial charge in [-0.3, -0.25) is 9.97 Å². The first-order valence-corrected chi connectivity index (χ1v) is 6.30. The summed E-state index contributed by atoms with van der Waals surface area (Å²) in [5, 5.41) is 5.73. The second-order valence-corrected chi connectivity index (χ2v) is 4.46. The fourth-order valence-corrected chi connectivity index (χ4v) is 2.42. The van der Waals surface area contributed by atoms with Crippen LogP contribution in [0, 0.1) is 0 Å². The number of benzene rings is 1. The van der Waals surface area contributed by atoms with Gasteiger partial charge in [-0.05, 0) is 29.6 Å². The Balaban J connectivity index is 2.17. The van der Waals surface area contributed by atoms with E-state index in [1.54, 1.807) is 6.20 Å². The van der Waals surface area contributed by atoms with Crippen LogP contribution >= 0.6 is 0 Å². The summed E-state index contributed by atoms with van der Waals surface area (Å²) < 4.78 is 0. The second-order valence-electron chi connectivity index (χ2n) is 4.46. The van der Waals surface area contributed by atoms with E-state index in [1.165, 1.54) is 10.9 Å². The van der Waals surface area contributed by atoms with E-state index in [2.05, 4.69) is 39.6 Å². The zero-order chi connectivity index (χ0) is 13.1. The van der Waals surface area contributed by atoms with Gasteiger partial charge in [0.2, 0.25) is 0 Å². The van der Waals surface area contributed by atoms with Crippen molar-refractivity contribution < 1.29 is 0 Å². The van der Waals surface area contributed by atoms with Crippen LogP contribution in [0.4, 0.5) is 0 Å². The van der Waals surface area contributed by atoms with Crippen LogP contribution in [-0.4, -0.2) is 17.0 Å². The maximum absolute atomic E-state index is 4.35. The van der Waals surface area contributed by atoms with Gasteiger partial charge < -0.3 is 5.32 Å². The van der Waals surface area contributed by atoms with Gasteiger partial charge in [-0.1, -0.05) is 30.3 Å². The first kappa shape index (κ1) is 11.8. The van der Waals surface area contributed by atoms with E-state index >= 15 is 0 Å². The fraction of sp³-hybridized carbons (Fsp3) is 0.125. The standard InChI is InChI=1S/C16H15N3/c1-17-16(13-6-4-8-18-10-13)15-11-19-9-12-5-2-3-7-14(12)15/h2-11,16-17H,1H3. The third-order valence-corrected chi connectivity index (χ3v) is 3.32. The predicted octanol–water partition coefficient (Wildman–Crippen LogP) is 2.94. The molecule has 0 aliphatic rings. The predicted molar refractivity (Wildman–Crippen MR) is 76.9 cm³/mol. The third kappa shape index (κ3) is 2.20. The average molecular weight is 249 g/mol. The van der Waals surface area contributed by atoms with Gasteiger partial charge in [-0.2, -0.15) is 0 Å². The van der Waals surface area contributed by atoms with Gasteiger partial charge in [0.15, 0.2) is 0 Å². The van der Waals surface area contributed by atoms with Crippen LogP contribution in [0.3, 0.4) is 0 Å². The molecule has 2 aromatic heterocycles. The quantitative estimate of drug-likeness (QED) is 0.775. The van der Waals surface area contributed by atoms with Crippen LogP contribution in [0.25, 0.3) is 10.8 Å². The molecule has 3 heteroatoms. The van der Waals surface area contributed by atoms with Gasteiger partial charge in [0, 0.05) is 30.2 Å². The summed E-state index contributed by atoms with van der Waals surface area (Å²) in [5.41, 5.74) is 2.32. The van der Waals surface area contributed by atoms with Crippen LogP contribution in [0.1, 0.15) is 17.2 Å². The number of hydrogen-bond donors (Lipinski definition) is 1. The van der Waals surface area contributed by atoms with Crippen LogP contribution < -0.4 is 5.32 Å². The van der Waals surface area contributed by atoms with Crippen molar-refractivity contribution in [2.24, 2.45) is 0 Å². The Kier molecular flexibility index (Phi) is 3.21. The van der Waals surface area contributed by atoms with Crippen LogP contribution in [0.2, 0.25) is 0 Å². The molecule has 0 spiro atoms. The molecule has 1 N–H and O–H groups in total. The van der Waals surface area contributed by atoms with E-state index in [9.17, 15) is 0 Å². The third-order valence-electron chi connectivity index (χ3n) is 3.32. The van der Waals surface area contributed by atoms with Crippen LogP contribution in [0.15, 0.2) is 61.2 Å². The number of rotatable bonds is 3. The smallest absolute Gasteiger partial charge is 0.0610 e. The molecule has 3 aromatic rings. The Hall–Kier alpha value is -2.26. The highest BCUT2D eigenvalue weighted by atomic mass is 14.9. The van der Waals surface area contributed by atoms with Gasteiger partial charge >= 0.3 is 0 Å². The monoisotopic (exact) mass is 249 g/mol. The SMILES string of the molecule is CNC(c1cccnc1)c1cncc2ccccc12. The Morgan fingerprint density at radius 1 is 0.947 bits per heavy atom. The lowest BCUT2D eigenvalue weighted by Crippen LogP contribution is -2.18. The maximum Gasteiger partial charge on any atom is 0.0610 e. The van der Waals surface area contributed by atoms with Gasteiger partial charge in [-0.25, -0.2) is 0 Å². The molecule has 1 atom stereocenters. The van der Waals surface area contributed by atoms with Crippen molar-refractivity contribution in [2.75, 3.05) is 7.05 Å². The molecule has 3 nitrogen and oxygen atoms in total. The average Bonchev–Trinajstić information content (AvgIpc) is 2.49. The van der Waals surface area contributed by atoms with Crippen LogP contribution in [0.5, 0.6) is 0 Å². The molecule has 0 aliphatic heterocycles. The van der Waals surface area contributed by atoms with E-state index in [0.29, 0.717) is 0 Å². The lowest BCUT2D eigenvalue weighted by Gasteiger charge is -2.18. The Labute approximate surface area is 112 Å². The van der Waals surface area contributed by atoms with E-state index in [-0.39, 0.29) is 6.04 Å². The number of aromatic nitrogens is 2. The van der Waals surface area contributed by atoms with E-state index in [1.807, 2.05) is 37.8 Å². The van der Waals surface area contributed by atoms with Gasteiger partial charge in [0.1, 0.15) is 0 Å². The lowest BCUT2D eigenvalue weighted by molar-refractivity contribution is 0.691. The molecule has 0 aliphatic carbocycles. The molecule has 0 saturated heterocycles. The van der Waals surface area contributed by atoms with Crippen molar-refractivity contribution >= 4 is 10.8 Å². The lowest BCUT2D eigenvalue weighted by atomic mass is 9.97. The molecular formula is C16H15N3. The normalized spacial score (nSPS) is 12.5. The molecule has 0 saturated carbocycles.